The number of carbonyl (C=O) groups excluding carboxylic acids is 1. The van der Waals surface area contributed by atoms with E-state index in [1.807, 2.05) is 36.4 Å². The van der Waals surface area contributed by atoms with Gasteiger partial charge in [0.2, 0.25) is 5.91 Å². The van der Waals surface area contributed by atoms with Crippen LogP contribution in [0.15, 0.2) is 60.7 Å². The molecule has 2 heterocycles. The van der Waals surface area contributed by atoms with Crippen LogP contribution in [0.5, 0.6) is 0 Å². The molecule has 4 rings (SSSR count). The molecule has 5 heteroatoms. The maximum Gasteiger partial charge on any atom is 0.248 e. The van der Waals surface area contributed by atoms with Crippen molar-refractivity contribution in [3.8, 4) is 22.4 Å². The van der Waals surface area contributed by atoms with Crippen LogP contribution in [-0.4, -0.2) is 45.8 Å². The number of nitrogens with zero attached hydrogens (tertiary/aromatic N) is 2. The summed E-state index contributed by atoms with van der Waals surface area (Å²) in [5.74, 6) is 0.124. The molecule has 2 aromatic carbocycles. The molecule has 1 aliphatic rings. The predicted molar refractivity (Wildman–Crippen MR) is 105 cm³/mol. The summed E-state index contributed by atoms with van der Waals surface area (Å²) in [5.41, 5.74) is 5.48. The highest BCUT2D eigenvalue weighted by Gasteiger charge is 2.28. The largest absolute Gasteiger partial charge is 0.387 e. The third-order valence-electron chi connectivity index (χ3n) is 5.30. The van der Waals surface area contributed by atoms with Crippen molar-refractivity contribution in [1.82, 2.24) is 15.1 Å². The summed E-state index contributed by atoms with van der Waals surface area (Å²) in [6.07, 6.45) is 1.73. The minimum absolute atomic E-state index is 0.189. The molecule has 3 aromatic rings. The second kappa shape index (κ2) is 7.76. The van der Waals surface area contributed by atoms with Gasteiger partial charge in [0, 0.05) is 35.8 Å². The standard InChI is InChI=1S/C22H23N3O2/c26-15-19(27)25-13-11-18(12-14-25)22-20(16-7-3-1-4-8-16)21(23-24-22)17-9-5-2-6-10-17/h1-10,18,26H,11-15H2,(H,23,24). The molecule has 5 nitrogen and oxygen atoms in total. The maximum atomic E-state index is 11.7. The number of aliphatic hydroxyl groups excluding tert-OH is 1. The molecule has 1 aliphatic heterocycles. The average Bonchev–Trinajstić information content (AvgIpc) is 3.19. The SMILES string of the molecule is O=C(CO)N1CCC(c2[nH]nc(-c3ccccc3)c2-c2ccccc2)CC1. The molecule has 0 spiro atoms. The van der Waals surface area contributed by atoms with Gasteiger partial charge in [-0.3, -0.25) is 9.89 Å². The van der Waals surface area contributed by atoms with E-state index >= 15 is 0 Å². The lowest BCUT2D eigenvalue weighted by atomic mass is 9.87. The van der Waals surface area contributed by atoms with E-state index in [-0.39, 0.29) is 5.91 Å². The van der Waals surface area contributed by atoms with Gasteiger partial charge >= 0.3 is 0 Å². The Morgan fingerprint density at radius 2 is 1.59 bits per heavy atom. The van der Waals surface area contributed by atoms with E-state index in [4.69, 9.17) is 5.11 Å². The second-order valence-corrected chi connectivity index (χ2v) is 6.91. The van der Waals surface area contributed by atoms with Crippen LogP contribution in [0.1, 0.15) is 24.5 Å². The topological polar surface area (TPSA) is 69.2 Å². The average molecular weight is 361 g/mol. The molecule has 0 atom stereocenters. The van der Waals surface area contributed by atoms with E-state index < -0.39 is 6.61 Å². The van der Waals surface area contributed by atoms with E-state index in [1.165, 1.54) is 0 Å². The van der Waals surface area contributed by atoms with Crippen molar-refractivity contribution in [3.63, 3.8) is 0 Å². The summed E-state index contributed by atoms with van der Waals surface area (Å²) in [7, 11) is 0. The first-order valence-electron chi connectivity index (χ1n) is 9.35. The van der Waals surface area contributed by atoms with Gasteiger partial charge in [-0.25, -0.2) is 0 Å². The van der Waals surface area contributed by atoms with Crippen LogP contribution in [0, 0.1) is 0 Å². The monoisotopic (exact) mass is 361 g/mol. The number of likely N-dealkylation sites (tertiary alicyclic amines) is 1. The number of aromatic amines is 1. The van der Waals surface area contributed by atoms with Gasteiger partial charge in [-0.15, -0.1) is 0 Å². The van der Waals surface area contributed by atoms with E-state index in [1.54, 1.807) is 4.90 Å². The van der Waals surface area contributed by atoms with Crippen LogP contribution in [0.3, 0.4) is 0 Å². The van der Waals surface area contributed by atoms with Crippen LogP contribution in [0.2, 0.25) is 0 Å². The lowest BCUT2D eigenvalue weighted by Gasteiger charge is -2.31. The molecule has 0 aliphatic carbocycles. The summed E-state index contributed by atoms with van der Waals surface area (Å²) in [4.78, 5) is 13.5. The van der Waals surface area contributed by atoms with Crippen molar-refractivity contribution >= 4 is 5.91 Å². The lowest BCUT2D eigenvalue weighted by molar-refractivity contribution is -0.135. The van der Waals surface area contributed by atoms with Crippen LogP contribution < -0.4 is 0 Å². The van der Waals surface area contributed by atoms with Gasteiger partial charge in [-0.1, -0.05) is 60.7 Å². The number of aliphatic hydroxyl groups is 1. The smallest absolute Gasteiger partial charge is 0.248 e. The van der Waals surface area contributed by atoms with Crippen molar-refractivity contribution in [2.45, 2.75) is 18.8 Å². The summed E-state index contributed by atoms with van der Waals surface area (Å²) in [6, 6.07) is 20.6. The van der Waals surface area contributed by atoms with E-state index in [9.17, 15) is 4.79 Å². The molecule has 0 saturated carbocycles. The van der Waals surface area contributed by atoms with Gasteiger partial charge < -0.3 is 10.0 Å². The third-order valence-corrected chi connectivity index (χ3v) is 5.30. The zero-order chi connectivity index (χ0) is 18.6. The van der Waals surface area contributed by atoms with Crippen LogP contribution in [-0.2, 0) is 4.79 Å². The summed E-state index contributed by atoms with van der Waals surface area (Å²) < 4.78 is 0. The second-order valence-electron chi connectivity index (χ2n) is 6.91. The van der Waals surface area contributed by atoms with Crippen molar-refractivity contribution in [2.75, 3.05) is 19.7 Å². The molecular formula is C22H23N3O2. The first kappa shape index (κ1) is 17.5. The van der Waals surface area contributed by atoms with Gasteiger partial charge in [0.25, 0.3) is 0 Å². The Hall–Kier alpha value is -2.92. The highest BCUT2D eigenvalue weighted by molar-refractivity contribution is 5.83. The molecule has 27 heavy (non-hydrogen) atoms. The molecule has 1 saturated heterocycles. The minimum atomic E-state index is -0.415. The fraction of sp³-hybridized carbons (Fsp3) is 0.273. The lowest BCUT2D eigenvalue weighted by Crippen LogP contribution is -2.39. The molecule has 0 unspecified atom stereocenters. The van der Waals surface area contributed by atoms with Crippen LogP contribution >= 0.6 is 0 Å². The first-order chi connectivity index (χ1) is 13.3. The highest BCUT2D eigenvalue weighted by atomic mass is 16.3. The van der Waals surface area contributed by atoms with Crippen molar-refractivity contribution in [3.05, 3.63) is 66.4 Å². The van der Waals surface area contributed by atoms with E-state index in [2.05, 4.69) is 34.5 Å². The van der Waals surface area contributed by atoms with Gasteiger partial charge in [0.05, 0.1) is 0 Å². The number of hydrogen-bond donors (Lipinski definition) is 2. The molecule has 1 amide bonds. The Morgan fingerprint density at radius 3 is 2.19 bits per heavy atom. The number of amides is 1. The predicted octanol–water partition coefficient (Wildman–Crippen LogP) is 3.44. The number of hydrogen-bond acceptors (Lipinski definition) is 3. The van der Waals surface area contributed by atoms with Crippen LogP contribution in [0.25, 0.3) is 22.4 Å². The van der Waals surface area contributed by atoms with Gasteiger partial charge in [0.15, 0.2) is 0 Å². The third kappa shape index (κ3) is 3.51. The zero-order valence-corrected chi connectivity index (χ0v) is 15.1. The van der Waals surface area contributed by atoms with E-state index in [0.29, 0.717) is 19.0 Å². The first-order valence-corrected chi connectivity index (χ1v) is 9.35. The molecule has 1 fully saturated rings. The maximum absolute atomic E-state index is 11.7. The number of benzene rings is 2. The fourth-order valence-corrected chi connectivity index (χ4v) is 3.87. The van der Waals surface area contributed by atoms with E-state index in [0.717, 1.165) is 40.9 Å². The fourth-order valence-electron chi connectivity index (χ4n) is 3.87. The number of carbonyl (C=O) groups is 1. The van der Waals surface area contributed by atoms with Crippen LogP contribution in [0.4, 0.5) is 0 Å². The van der Waals surface area contributed by atoms with Gasteiger partial charge in [-0.2, -0.15) is 5.10 Å². The molecule has 0 radical (unpaired) electrons. The summed E-state index contributed by atoms with van der Waals surface area (Å²) in [5, 5.41) is 17.0. The molecular weight excluding hydrogens is 338 g/mol. The summed E-state index contributed by atoms with van der Waals surface area (Å²) in [6.45, 7) is 0.915. The number of aromatic nitrogens is 2. The van der Waals surface area contributed by atoms with Crippen molar-refractivity contribution in [2.24, 2.45) is 0 Å². The number of rotatable bonds is 4. The van der Waals surface area contributed by atoms with Gasteiger partial charge in [-0.05, 0) is 18.4 Å². The summed E-state index contributed by atoms with van der Waals surface area (Å²) >= 11 is 0. The van der Waals surface area contributed by atoms with Crippen molar-refractivity contribution < 1.29 is 9.90 Å². The molecule has 0 bridgehead atoms. The number of nitrogens with one attached hydrogen (secondary N) is 1. The quantitative estimate of drug-likeness (QED) is 0.748. The normalized spacial score (nSPS) is 15.1. The molecule has 2 N–H and O–H groups in total. The Balaban J connectivity index is 1.70. The van der Waals surface area contributed by atoms with Crippen molar-refractivity contribution in [1.29, 1.82) is 0 Å². The Bertz CT molecular complexity index is 898. The Labute approximate surface area is 158 Å². The Kier molecular flexibility index (Phi) is 5.03. The highest BCUT2D eigenvalue weighted by Crippen LogP contribution is 2.39. The zero-order valence-electron chi connectivity index (χ0n) is 15.1. The number of H-pyrrole nitrogens is 1. The molecule has 138 valence electrons. The van der Waals surface area contributed by atoms with Gasteiger partial charge in [0.1, 0.15) is 12.3 Å². The molecule has 1 aromatic heterocycles. The number of piperidine rings is 1. The minimum Gasteiger partial charge on any atom is -0.387 e. The Morgan fingerprint density at radius 1 is 1.00 bits per heavy atom.